The summed E-state index contributed by atoms with van der Waals surface area (Å²) in [6.07, 6.45) is 4.70. The smallest absolute Gasteiger partial charge is 0.0682 e. The number of rotatable bonds is 0. The molecule has 1 aromatic carbocycles. The third-order valence-corrected chi connectivity index (χ3v) is 3.68. The number of benzene rings is 1. The van der Waals surface area contributed by atoms with E-state index in [-0.39, 0.29) is 0 Å². The third kappa shape index (κ3) is 1.22. The molecule has 0 spiro atoms. The van der Waals surface area contributed by atoms with Gasteiger partial charge < -0.3 is 4.57 Å². The Morgan fingerprint density at radius 1 is 1.12 bits per heavy atom. The van der Waals surface area contributed by atoms with Crippen LogP contribution in [-0.2, 0) is 19.9 Å². The summed E-state index contributed by atoms with van der Waals surface area (Å²) in [5, 5.41) is 10.1. The van der Waals surface area contributed by atoms with Crippen LogP contribution >= 0.6 is 0 Å². The van der Waals surface area contributed by atoms with Gasteiger partial charge in [-0.3, -0.25) is 5.41 Å². The van der Waals surface area contributed by atoms with Crippen LogP contribution in [0, 0.1) is 5.41 Å². The number of para-hydroxylation sites is 1. The van der Waals surface area contributed by atoms with E-state index in [1.54, 1.807) is 0 Å². The van der Waals surface area contributed by atoms with E-state index >= 15 is 0 Å². The molecule has 2 aromatic rings. The molecule has 0 bridgehead atoms. The fourth-order valence-corrected chi connectivity index (χ4v) is 2.81. The highest BCUT2D eigenvalue weighted by Gasteiger charge is 2.15. The molecule has 0 radical (unpaired) electrons. The molecule has 0 unspecified atom stereocenters. The van der Waals surface area contributed by atoms with E-state index in [4.69, 9.17) is 5.41 Å². The summed E-state index contributed by atoms with van der Waals surface area (Å²) < 4.78 is 2.28. The Kier molecular flexibility index (Phi) is 2.10. The van der Waals surface area contributed by atoms with Crippen molar-refractivity contribution in [3.8, 4) is 0 Å². The molecule has 0 saturated carbocycles. The minimum absolute atomic E-state index is 0.753. The number of pyridine rings is 1. The van der Waals surface area contributed by atoms with E-state index in [2.05, 4.69) is 29.8 Å². The largest absolute Gasteiger partial charge is 0.347 e. The van der Waals surface area contributed by atoms with Crippen molar-refractivity contribution >= 4 is 10.9 Å². The zero-order chi connectivity index (χ0) is 11.1. The van der Waals surface area contributed by atoms with Crippen LogP contribution in [-0.4, -0.2) is 4.57 Å². The summed E-state index contributed by atoms with van der Waals surface area (Å²) in [6.45, 7) is 0. The Hall–Kier alpha value is -1.57. The number of hydrogen-bond donors (Lipinski definition) is 1. The predicted molar refractivity (Wildman–Crippen MR) is 65.4 cm³/mol. The molecular weight excluding hydrogens is 196 g/mol. The van der Waals surface area contributed by atoms with Crippen molar-refractivity contribution in [1.29, 1.82) is 5.41 Å². The zero-order valence-corrected chi connectivity index (χ0v) is 9.59. The van der Waals surface area contributed by atoms with E-state index in [1.165, 1.54) is 29.6 Å². The topological polar surface area (TPSA) is 28.8 Å². The normalized spacial score (nSPS) is 15.1. The quantitative estimate of drug-likeness (QED) is 0.695. The van der Waals surface area contributed by atoms with Gasteiger partial charge in [-0.05, 0) is 37.3 Å². The fourth-order valence-electron chi connectivity index (χ4n) is 2.81. The van der Waals surface area contributed by atoms with Crippen LogP contribution in [0.1, 0.15) is 24.1 Å². The van der Waals surface area contributed by atoms with Gasteiger partial charge >= 0.3 is 0 Å². The molecule has 2 heteroatoms. The maximum Gasteiger partial charge on any atom is 0.0682 e. The van der Waals surface area contributed by atoms with E-state index in [0.717, 1.165) is 23.6 Å². The van der Waals surface area contributed by atoms with Gasteiger partial charge in [0.05, 0.1) is 10.9 Å². The van der Waals surface area contributed by atoms with Crippen molar-refractivity contribution in [1.82, 2.24) is 4.57 Å². The second-order valence-electron chi connectivity index (χ2n) is 4.58. The Bertz CT molecular complexity index is 608. The standard InChI is InChI=1S/C14H16N2/c1-16-12-8-4-2-6-10(12)14(15)11-7-3-5-9-13(11)16/h2,4,6,8,15H,3,5,7,9H2,1H3. The van der Waals surface area contributed by atoms with Crippen molar-refractivity contribution in [2.75, 3.05) is 0 Å². The van der Waals surface area contributed by atoms with Gasteiger partial charge in [-0.15, -0.1) is 0 Å². The zero-order valence-electron chi connectivity index (χ0n) is 9.59. The molecule has 0 amide bonds. The van der Waals surface area contributed by atoms with Crippen LogP contribution in [0.4, 0.5) is 0 Å². The Morgan fingerprint density at radius 3 is 2.75 bits per heavy atom. The van der Waals surface area contributed by atoms with Crippen LogP contribution in [0.25, 0.3) is 10.9 Å². The van der Waals surface area contributed by atoms with Crippen LogP contribution in [0.3, 0.4) is 0 Å². The summed E-state index contributed by atoms with van der Waals surface area (Å²) in [6, 6.07) is 8.25. The van der Waals surface area contributed by atoms with Gasteiger partial charge in [-0.2, -0.15) is 0 Å². The lowest BCUT2D eigenvalue weighted by Gasteiger charge is -2.21. The predicted octanol–water partition coefficient (Wildman–Crippen LogP) is 2.54. The summed E-state index contributed by atoms with van der Waals surface area (Å²) in [7, 11) is 2.13. The van der Waals surface area contributed by atoms with Gasteiger partial charge in [-0.25, -0.2) is 0 Å². The van der Waals surface area contributed by atoms with Crippen LogP contribution in [0.2, 0.25) is 0 Å². The molecule has 0 atom stereocenters. The first-order valence-electron chi connectivity index (χ1n) is 5.93. The molecule has 3 rings (SSSR count). The Balaban J connectivity index is 2.49. The highest BCUT2D eigenvalue weighted by Crippen LogP contribution is 2.22. The fraction of sp³-hybridized carbons (Fsp3) is 0.357. The van der Waals surface area contributed by atoms with Crippen molar-refractivity contribution in [2.24, 2.45) is 7.05 Å². The van der Waals surface area contributed by atoms with E-state index in [0.29, 0.717) is 0 Å². The average Bonchev–Trinajstić information content (AvgIpc) is 2.36. The molecule has 82 valence electrons. The number of nitrogens with one attached hydrogen (secondary N) is 1. The van der Waals surface area contributed by atoms with Gasteiger partial charge in [0.15, 0.2) is 0 Å². The Labute approximate surface area is 95.0 Å². The summed E-state index contributed by atoms with van der Waals surface area (Å²) in [4.78, 5) is 0. The van der Waals surface area contributed by atoms with E-state index in [9.17, 15) is 0 Å². The third-order valence-electron chi connectivity index (χ3n) is 3.68. The number of fused-ring (bicyclic) bond motifs is 2. The van der Waals surface area contributed by atoms with Crippen LogP contribution < -0.4 is 5.36 Å². The molecule has 1 aliphatic carbocycles. The molecule has 0 aliphatic heterocycles. The number of aryl methyl sites for hydroxylation is 1. The lowest BCUT2D eigenvalue weighted by Crippen LogP contribution is -2.22. The first-order valence-corrected chi connectivity index (χ1v) is 5.93. The molecule has 1 aromatic heterocycles. The van der Waals surface area contributed by atoms with Gasteiger partial charge in [0.2, 0.25) is 0 Å². The van der Waals surface area contributed by atoms with Crippen molar-refractivity contribution < 1.29 is 0 Å². The molecule has 0 saturated heterocycles. The van der Waals surface area contributed by atoms with Crippen molar-refractivity contribution in [3.63, 3.8) is 0 Å². The second-order valence-corrected chi connectivity index (χ2v) is 4.58. The van der Waals surface area contributed by atoms with E-state index < -0.39 is 0 Å². The maximum atomic E-state index is 8.30. The maximum absolute atomic E-state index is 8.30. The monoisotopic (exact) mass is 212 g/mol. The highest BCUT2D eigenvalue weighted by molar-refractivity contribution is 5.79. The number of aromatic nitrogens is 1. The van der Waals surface area contributed by atoms with Crippen LogP contribution in [0.5, 0.6) is 0 Å². The molecule has 1 N–H and O–H groups in total. The first kappa shape index (κ1) is 9.64. The second kappa shape index (κ2) is 3.48. The number of nitrogens with zero attached hydrogens (tertiary/aromatic N) is 1. The van der Waals surface area contributed by atoms with Crippen molar-refractivity contribution in [3.05, 3.63) is 40.9 Å². The highest BCUT2D eigenvalue weighted by atomic mass is 14.9. The SMILES string of the molecule is Cn1c2c(c(=N)c3ccccc31)CCCC2. The van der Waals surface area contributed by atoms with Crippen LogP contribution in [0.15, 0.2) is 24.3 Å². The van der Waals surface area contributed by atoms with Gasteiger partial charge in [0.1, 0.15) is 0 Å². The Morgan fingerprint density at radius 2 is 1.88 bits per heavy atom. The molecule has 0 fully saturated rings. The molecule has 2 nitrogen and oxygen atoms in total. The summed E-state index contributed by atoms with van der Waals surface area (Å²) in [5.74, 6) is 0. The van der Waals surface area contributed by atoms with Crippen molar-refractivity contribution in [2.45, 2.75) is 25.7 Å². The molecule has 1 aliphatic rings. The minimum Gasteiger partial charge on any atom is -0.347 e. The van der Waals surface area contributed by atoms with Gasteiger partial charge in [0.25, 0.3) is 0 Å². The van der Waals surface area contributed by atoms with Gasteiger partial charge in [0, 0.05) is 18.1 Å². The first-order chi connectivity index (χ1) is 7.79. The number of hydrogen-bond acceptors (Lipinski definition) is 1. The minimum atomic E-state index is 0.753. The molecule has 16 heavy (non-hydrogen) atoms. The lowest BCUT2D eigenvalue weighted by atomic mass is 9.93. The summed E-state index contributed by atoms with van der Waals surface area (Å²) in [5.41, 5.74) is 3.83. The van der Waals surface area contributed by atoms with Gasteiger partial charge in [-0.1, -0.05) is 18.2 Å². The molecule has 1 heterocycles. The lowest BCUT2D eigenvalue weighted by molar-refractivity contribution is 0.634. The van der Waals surface area contributed by atoms with E-state index in [1.807, 2.05) is 6.07 Å². The average molecular weight is 212 g/mol. The molecular formula is C14H16N2. The summed E-state index contributed by atoms with van der Waals surface area (Å²) >= 11 is 0.